The third-order valence-electron chi connectivity index (χ3n) is 2.86. The molecule has 4 nitrogen and oxygen atoms in total. The van der Waals surface area contributed by atoms with Gasteiger partial charge < -0.3 is 14.2 Å². The van der Waals surface area contributed by atoms with Crippen molar-refractivity contribution < 1.29 is 19.0 Å². The molecule has 0 fully saturated rings. The van der Waals surface area contributed by atoms with E-state index in [-0.39, 0.29) is 5.78 Å². The van der Waals surface area contributed by atoms with Crippen LogP contribution in [0.25, 0.3) is 0 Å². The lowest BCUT2D eigenvalue weighted by Crippen LogP contribution is -2.35. The molecule has 0 aliphatic rings. The lowest BCUT2D eigenvalue weighted by molar-refractivity contribution is 0.00124. The molecule has 1 aromatic rings. The van der Waals surface area contributed by atoms with Gasteiger partial charge in [-0.05, 0) is 52.8 Å². The molecule has 0 radical (unpaired) electrons. The molecule has 0 unspecified atom stereocenters. The summed E-state index contributed by atoms with van der Waals surface area (Å²) < 4.78 is 16.5. The van der Waals surface area contributed by atoms with Crippen LogP contribution in [-0.4, -0.2) is 31.2 Å². The molecule has 1 rings (SSSR count). The smallest absolute Gasteiger partial charge is 0.194 e. The molecule has 0 N–H and O–H groups in total. The number of Topliss-reactive ketones (excluding diaryl/α,β-unsaturated/α-hetero) is 1. The summed E-state index contributed by atoms with van der Waals surface area (Å²) in [6.45, 7) is 10.8. The fourth-order valence-electron chi connectivity index (χ4n) is 1.97. The minimum atomic E-state index is -0.842. The number of hydrogen-bond donors (Lipinski definition) is 0. The molecule has 0 aromatic heterocycles. The van der Waals surface area contributed by atoms with E-state index in [0.717, 1.165) is 0 Å². The van der Waals surface area contributed by atoms with E-state index in [2.05, 4.69) is 0 Å². The fraction of sp³-hybridized carbons (Fsp3) is 0.562. The Balaban J connectivity index is 3.07. The Hall–Kier alpha value is -1.55. The first-order valence-electron chi connectivity index (χ1n) is 7.04. The molecule has 0 saturated carbocycles. The molecule has 0 aliphatic heterocycles. The molecule has 0 spiro atoms. The summed E-state index contributed by atoms with van der Waals surface area (Å²) in [6.07, 6.45) is 0. The van der Waals surface area contributed by atoms with Crippen LogP contribution in [0, 0.1) is 0 Å². The first-order chi connectivity index (χ1) is 9.46. The van der Waals surface area contributed by atoms with Crippen LogP contribution in [0.4, 0.5) is 0 Å². The maximum Gasteiger partial charge on any atom is 0.194 e. The quantitative estimate of drug-likeness (QED) is 0.684. The Morgan fingerprint density at radius 1 is 1.00 bits per heavy atom. The molecule has 0 aliphatic carbocycles. The van der Waals surface area contributed by atoms with Crippen LogP contribution in [0.3, 0.4) is 0 Å². The van der Waals surface area contributed by atoms with Gasteiger partial charge >= 0.3 is 0 Å². The van der Waals surface area contributed by atoms with Gasteiger partial charge in [0, 0.05) is 12.2 Å². The highest BCUT2D eigenvalue weighted by Crippen LogP contribution is 2.30. The van der Waals surface area contributed by atoms with Crippen molar-refractivity contribution >= 4 is 5.78 Å². The zero-order valence-electron chi connectivity index (χ0n) is 13.0. The van der Waals surface area contributed by atoms with E-state index >= 15 is 0 Å². The van der Waals surface area contributed by atoms with E-state index in [0.29, 0.717) is 36.9 Å². The van der Waals surface area contributed by atoms with E-state index in [1.807, 2.05) is 20.8 Å². The van der Waals surface area contributed by atoms with Crippen molar-refractivity contribution in [2.75, 3.05) is 19.8 Å². The lowest BCUT2D eigenvalue weighted by Gasteiger charge is -2.23. The molecule has 112 valence electrons. The van der Waals surface area contributed by atoms with Crippen molar-refractivity contribution in [3.05, 3.63) is 23.8 Å². The third kappa shape index (κ3) is 3.97. The largest absolute Gasteiger partial charge is 0.490 e. The Labute approximate surface area is 121 Å². The Morgan fingerprint density at radius 2 is 1.60 bits per heavy atom. The van der Waals surface area contributed by atoms with Gasteiger partial charge in [-0.3, -0.25) is 4.79 Å². The van der Waals surface area contributed by atoms with Gasteiger partial charge in [0.15, 0.2) is 17.3 Å². The molecular weight excluding hydrogens is 256 g/mol. The van der Waals surface area contributed by atoms with Gasteiger partial charge in [0.05, 0.1) is 13.2 Å². The predicted molar refractivity (Wildman–Crippen MR) is 78.8 cm³/mol. The summed E-state index contributed by atoms with van der Waals surface area (Å²) in [5, 5.41) is 0. The van der Waals surface area contributed by atoms with Crippen LogP contribution in [0.2, 0.25) is 0 Å². The Morgan fingerprint density at radius 3 is 2.15 bits per heavy atom. The van der Waals surface area contributed by atoms with Crippen LogP contribution >= 0.6 is 0 Å². The number of carbonyl (C=O) groups is 1. The second kappa shape index (κ2) is 7.29. The topological polar surface area (TPSA) is 44.8 Å². The molecule has 0 atom stereocenters. The molecule has 4 heteroatoms. The highest BCUT2D eigenvalue weighted by atomic mass is 16.5. The average molecular weight is 280 g/mol. The van der Waals surface area contributed by atoms with Gasteiger partial charge in [-0.25, -0.2) is 0 Å². The summed E-state index contributed by atoms with van der Waals surface area (Å²) in [6, 6.07) is 5.23. The van der Waals surface area contributed by atoms with Crippen molar-refractivity contribution in [2.45, 2.75) is 40.2 Å². The summed E-state index contributed by atoms with van der Waals surface area (Å²) in [7, 11) is 0. The van der Waals surface area contributed by atoms with Crippen molar-refractivity contribution in [3.63, 3.8) is 0 Å². The zero-order valence-corrected chi connectivity index (χ0v) is 13.0. The van der Waals surface area contributed by atoms with Crippen LogP contribution in [-0.2, 0) is 4.74 Å². The van der Waals surface area contributed by atoms with Crippen molar-refractivity contribution in [3.8, 4) is 11.5 Å². The standard InChI is InChI=1S/C16H24O4/c1-6-18-13-10-9-12(11-14(13)19-7-2)15(17)16(4,5)20-8-3/h9-11H,6-8H2,1-5H3. The van der Waals surface area contributed by atoms with E-state index < -0.39 is 5.60 Å². The second-order valence-corrected chi connectivity index (χ2v) is 4.80. The van der Waals surface area contributed by atoms with Crippen LogP contribution in [0.15, 0.2) is 18.2 Å². The number of hydrogen-bond acceptors (Lipinski definition) is 4. The maximum absolute atomic E-state index is 12.5. The number of ketones is 1. The Kier molecular flexibility index (Phi) is 6.02. The Bertz CT molecular complexity index is 452. The summed E-state index contributed by atoms with van der Waals surface area (Å²) in [5.74, 6) is 1.18. The molecular formula is C16H24O4. The van der Waals surface area contributed by atoms with Gasteiger partial charge in [-0.15, -0.1) is 0 Å². The molecule has 0 heterocycles. The van der Waals surface area contributed by atoms with Gasteiger partial charge in [0.2, 0.25) is 0 Å². The van der Waals surface area contributed by atoms with Crippen molar-refractivity contribution in [1.29, 1.82) is 0 Å². The molecule has 0 bridgehead atoms. The first kappa shape index (κ1) is 16.5. The van der Waals surface area contributed by atoms with Crippen LogP contribution in [0.1, 0.15) is 45.0 Å². The molecule has 0 saturated heterocycles. The van der Waals surface area contributed by atoms with E-state index in [1.165, 1.54) is 0 Å². The lowest BCUT2D eigenvalue weighted by atomic mass is 9.96. The second-order valence-electron chi connectivity index (χ2n) is 4.80. The first-order valence-corrected chi connectivity index (χ1v) is 7.04. The third-order valence-corrected chi connectivity index (χ3v) is 2.86. The molecule has 0 amide bonds. The molecule has 1 aromatic carbocycles. The predicted octanol–water partition coefficient (Wildman–Crippen LogP) is 3.48. The summed E-state index contributed by atoms with van der Waals surface area (Å²) >= 11 is 0. The van der Waals surface area contributed by atoms with Crippen LogP contribution in [0.5, 0.6) is 11.5 Å². The van der Waals surface area contributed by atoms with Crippen molar-refractivity contribution in [2.24, 2.45) is 0 Å². The van der Waals surface area contributed by atoms with E-state index in [9.17, 15) is 4.79 Å². The average Bonchev–Trinajstić information content (AvgIpc) is 2.40. The fourth-order valence-corrected chi connectivity index (χ4v) is 1.97. The van der Waals surface area contributed by atoms with E-state index in [1.54, 1.807) is 32.0 Å². The highest BCUT2D eigenvalue weighted by Gasteiger charge is 2.29. The number of carbonyl (C=O) groups excluding carboxylic acids is 1. The maximum atomic E-state index is 12.5. The molecule has 20 heavy (non-hydrogen) atoms. The van der Waals surface area contributed by atoms with Gasteiger partial charge in [0.25, 0.3) is 0 Å². The summed E-state index contributed by atoms with van der Waals surface area (Å²) in [4.78, 5) is 12.5. The monoisotopic (exact) mass is 280 g/mol. The number of benzene rings is 1. The minimum absolute atomic E-state index is 0.0663. The minimum Gasteiger partial charge on any atom is -0.490 e. The van der Waals surface area contributed by atoms with Gasteiger partial charge in [-0.1, -0.05) is 0 Å². The van der Waals surface area contributed by atoms with Gasteiger partial charge in [0.1, 0.15) is 5.60 Å². The number of ether oxygens (including phenoxy) is 3. The zero-order chi connectivity index (χ0) is 15.2. The van der Waals surface area contributed by atoms with E-state index in [4.69, 9.17) is 14.2 Å². The van der Waals surface area contributed by atoms with Crippen molar-refractivity contribution in [1.82, 2.24) is 0 Å². The number of rotatable bonds is 8. The normalized spacial score (nSPS) is 11.2. The SMILES string of the molecule is CCOc1ccc(C(=O)C(C)(C)OCC)cc1OCC. The highest BCUT2D eigenvalue weighted by molar-refractivity contribution is 6.02. The summed E-state index contributed by atoms with van der Waals surface area (Å²) in [5.41, 5.74) is -0.277. The van der Waals surface area contributed by atoms with Crippen LogP contribution < -0.4 is 9.47 Å². The van der Waals surface area contributed by atoms with Gasteiger partial charge in [-0.2, -0.15) is 0 Å².